The van der Waals surface area contributed by atoms with Crippen LogP contribution in [0.4, 0.5) is 0 Å². The number of carbonyl (C=O) groups is 1. The second kappa shape index (κ2) is 4.93. The molecule has 1 aromatic heterocycles. The number of hydrogen-bond donors (Lipinski definition) is 3. The van der Waals surface area contributed by atoms with E-state index >= 15 is 0 Å². The van der Waals surface area contributed by atoms with Crippen molar-refractivity contribution in [1.82, 2.24) is 20.6 Å². The maximum atomic E-state index is 11.5. The van der Waals surface area contributed by atoms with Crippen LogP contribution in [0.3, 0.4) is 0 Å². The van der Waals surface area contributed by atoms with Crippen LogP contribution in [0.5, 0.6) is 0 Å². The van der Waals surface area contributed by atoms with E-state index in [2.05, 4.69) is 20.6 Å². The molecule has 3 N–H and O–H groups in total. The van der Waals surface area contributed by atoms with Crippen LogP contribution < -0.4 is 10.6 Å². The number of H-pyrrole nitrogens is 1. The van der Waals surface area contributed by atoms with E-state index in [1.54, 1.807) is 0 Å². The molecule has 0 radical (unpaired) electrons. The molecular weight excluding hydrogens is 192 g/mol. The molecule has 1 fully saturated rings. The third-order valence-corrected chi connectivity index (χ3v) is 2.66. The number of aromatic amines is 1. The predicted octanol–water partition coefficient (Wildman–Crippen LogP) is 0.282. The smallest absolute Gasteiger partial charge is 0.269 e. The van der Waals surface area contributed by atoms with Crippen molar-refractivity contribution in [3.05, 3.63) is 18.2 Å². The number of piperidine rings is 1. The minimum atomic E-state index is -0.0835. The van der Waals surface area contributed by atoms with E-state index in [4.69, 9.17) is 0 Å². The van der Waals surface area contributed by atoms with Gasteiger partial charge in [-0.25, -0.2) is 4.98 Å². The quantitative estimate of drug-likeness (QED) is 0.668. The van der Waals surface area contributed by atoms with Gasteiger partial charge < -0.3 is 15.6 Å². The summed E-state index contributed by atoms with van der Waals surface area (Å²) in [5.41, 5.74) is 0.519. The Morgan fingerprint density at radius 1 is 1.60 bits per heavy atom. The van der Waals surface area contributed by atoms with Gasteiger partial charge >= 0.3 is 0 Å². The van der Waals surface area contributed by atoms with Crippen LogP contribution in [0.25, 0.3) is 0 Å². The monoisotopic (exact) mass is 208 g/mol. The molecule has 82 valence electrons. The van der Waals surface area contributed by atoms with Crippen LogP contribution in [0.15, 0.2) is 12.5 Å². The highest BCUT2D eigenvalue weighted by molar-refractivity contribution is 5.91. The van der Waals surface area contributed by atoms with Crippen molar-refractivity contribution in [2.24, 2.45) is 0 Å². The fourth-order valence-electron chi connectivity index (χ4n) is 1.79. The van der Waals surface area contributed by atoms with E-state index in [1.807, 2.05) is 0 Å². The molecule has 1 aliphatic rings. The largest absolute Gasteiger partial charge is 0.349 e. The lowest BCUT2D eigenvalue weighted by Gasteiger charge is -2.23. The fraction of sp³-hybridized carbons (Fsp3) is 0.600. The molecule has 1 unspecified atom stereocenters. The van der Waals surface area contributed by atoms with Crippen LogP contribution in [-0.4, -0.2) is 35.0 Å². The van der Waals surface area contributed by atoms with Crippen molar-refractivity contribution in [2.75, 3.05) is 13.1 Å². The lowest BCUT2D eigenvalue weighted by molar-refractivity contribution is 0.0943. The van der Waals surface area contributed by atoms with Gasteiger partial charge in [0.05, 0.1) is 12.5 Å². The zero-order chi connectivity index (χ0) is 10.5. The van der Waals surface area contributed by atoms with Gasteiger partial charge in [0.2, 0.25) is 0 Å². The van der Waals surface area contributed by atoms with Crippen LogP contribution >= 0.6 is 0 Å². The second-order valence-corrected chi connectivity index (χ2v) is 3.82. The molecule has 1 amide bonds. The lowest BCUT2D eigenvalue weighted by atomic mass is 10.1. The second-order valence-electron chi connectivity index (χ2n) is 3.82. The van der Waals surface area contributed by atoms with E-state index in [9.17, 15) is 4.79 Å². The average Bonchev–Trinajstić information content (AvgIpc) is 2.81. The van der Waals surface area contributed by atoms with Crippen molar-refractivity contribution in [3.63, 3.8) is 0 Å². The zero-order valence-electron chi connectivity index (χ0n) is 8.62. The summed E-state index contributed by atoms with van der Waals surface area (Å²) in [6.07, 6.45) is 6.67. The number of nitrogens with zero attached hydrogens (tertiary/aromatic N) is 1. The molecule has 15 heavy (non-hydrogen) atoms. The van der Waals surface area contributed by atoms with Crippen molar-refractivity contribution in [1.29, 1.82) is 0 Å². The Bertz CT molecular complexity index is 303. The average molecular weight is 208 g/mol. The molecule has 2 rings (SSSR count). The van der Waals surface area contributed by atoms with Gasteiger partial charge in [-0.3, -0.25) is 4.79 Å². The SMILES string of the molecule is O=C(NCC1CCCCN1)c1cnc[nH]1. The molecule has 0 bridgehead atoms. The highest BCUT2D eigenvalue weighted by Gasteiger charge is 2.14. The van der Waals surface area contributed by atoms with Gasteiger partial charge in [0.25, 0.3) is 5.91 Å². The van der Waals surface area contributed by atoms with Gasteiger partial charge in [0.1, 0.15) is 5.69 Å². The van der Waals surface area contributed by atoms with Gasteiger partial charge in [-0.15, -0.1) is 0 Å². The predicted molar refractivity (Wildman–Crippen MR) is 56.6 cm³/mol. The number of nitrogens with one attached hydrogen (secondary N) is 3. The first-order valence-corrected chi connectivity index (χ1v) is 5.36. The van der Waals surface area contributed by atoms with Crippen LogP contribution in [-0.2, 0) is 0 Å². The Morgan fingerprint density at radius 2 is 2.53 bits per heavy atom. The number of amides is 1. The van der Waals surface area contributed by atoms with Crippen LogP contribution in [0.1, 0.15) is 29.8 Å². The number of rotatable bonds is 3. The summed E-state index contributed by atoms with van der Waals surface area (Å²) < 4.78 is 0. The standard InChI is InChI=1S/C10H16N4O/c15-10(9-6-11-7-14-9)13-5-8-3-1-2-4-12-8/h6-8,12H,1-5H2,(H,11,14)(H,13,15). The maximum absolute atomic E-state index is 11.5. The highest BCUT2D eigenvalue weighted by atomic mass is 16.1. The summed E-state index contributed by atoms with van der Waals surface area (Å²) in [7, 11) is 0. The Labute approximate surface area is 88.7 Å². The van der Waals surface area contributed by atoms with Gasteiger partial charge in [0.15, 0.2) is 0 Å². The van der Waals surface area contributed by atoms with E-state index in [1.165, 1.54) is 25.4 Å². The van der Waals surface area contributed by atoms with Crippen LogP contribution in [0.2, 0.25) is 0 Å². The van der Waals surface area contributed by atoms with Gasteiger partial charge in [-0.05, 0) is 19.4 Å². The normalized spacial score (nSPS) is 21.2. The van der Waals surface area contributed by atoms with Crippen LogP contribution in [0, 0.1) is 0 Å². The van der Waals surface area contributed by atoms with E-state index in [-0.39, 0.29) is 5.91 Å². The summed E-state index contributed by atoms with van der Waals surface area (Å²) in [6.45, 7) is 1.75. The first-order chi connectivity index (χ1) is 7.36. The molecule has 0 aliphatic carbocycles. The first-order valence-electron chi connectivity index (χ1n) is 5.36. The Kier molecular flexibility index (Phi) is 3.34. The summed E-state index contributed by atoms with van der Waals surface area (Å²) >= 11 is 0. The Balaban J connectivity index is 1.75. The molecule has 5 heteroatoms. The Morgan fingerprint density at radius 3 is 3.20 bits per heavy atom. The zero-order valence-corrected chi connectivity index (χ0v) is 8.62. The van der Waals surface area contributed by atoms with Gasteiger partial charge in [0, 0.05) is 12.6 Å². The molecule has 1 aliphatic heterocycles. The molecule has 0 saturated carbocycles. The van der Waals surface area contributed by atoms with Crippen molar-refractivity contribution in [2.45, 2.75) is 25.3 Å². The Hall–Kier alpha value is -1.36. The van der Waals surface area contributed by atoms with E-state index < -0.39 is 0 Å². The minimum absolute atomic E-state index is 0.0835. The fourth-order valence-corrected chi connectivity index (χ4v) is 1.79. The maximum Gasteiger partial charge on any atom is 0.269 e. The highest BCUT2D eigenvalue weighted by Crippen LogP contribution is 2.05. The summed E-state index contributed by atoms with van der Waals surface area (Å²) in [5, 5.41) is 6.26. The molecule has 1 aromatic rings. The van der Waals surface area contributed by atoms with Crippen molar-refractivity contribution < 1.29 is 4.79 Å². The summed E-state index contributed by atoms with van der Waals surface area (Å²) in [6, 6.07) is 0.422. The van der Waals surface area contributed by atoms with Gasteiger partial charge in [-0.1, -0.05) is 6.42 Å². The van der Waals surface area contributed by atoms with Crippen molar-refractivity contribution >= 4 is 5.91 Å². The van der Waals surface area contributed by atoms with E-state index in [0.717, 1.165) is 13.0 Å². The number of aromatic nitrogens is 2. The molecule has 5 nitrogen and oxygen atoms in total. The van der Waals surface area contributed by atoms with Gasteiger partial charge in [-0.2, -0.15) is 0 Å². The molecule has 0 spiro atoms. The third-order valence-electron chi connectivity index (χ3n) is 2.66. The molecule has 2 heterocycles. The lowest BCUT2D eigenvalue weighted by Crippen LogP contribution is -2.43. The summed E-state index contributed by atoms with van der Waals surface area (Å²) in [5.74, 6) is -0.0835. The molecule has 1 atom stereocenters. The molecule has 0 aromatic carbocycles. The number of imidazole rings is 1. The van der Waals surface area contributed by atoms with E-state index in [0.29, 0.717) is 18.3 Å². The number of carbonyl (C=O) groups excluding carboxylic acids is 1. The molecule has 1 saturated heterocycles. The third kappa shape index (κ3) is 2.79. The summed E-state index contributed by atoms with van der Waals surface area (Å²) in [4.78, 5) is 18.1. The molecular formula is C10H16N4O. The minimum Gasteiger partial charge on any atom is -0.349 e. The topological polar surface area (TPSA) is 69.8 Å². The van der Waals surface area contributed by atoms with Crippen molar-refractivity contribution in [3.8, 4) is 0 Å². The first kappa shape index (κ1) is 10.2. The number of hydrogen-bond acceptors (Lipinski definition) is 3.